The number of fused-ring (bicyclic) bond motifs is 2. The van der Waals surface area contributed by atoms with Crippen LogP contribution >= 0.6 is 11.3 Å². The fraction of sp³-hybridized carbons (Fsp3) is 0.412. The van der Waals surface area contributed by atoms with E-state index < -0.39 is 0 Å². The monoisotopic (exact) mass is 342 g/mol. The molecule has 2 aromatic rings. The standard InChI is InChI=1S/C17H18N4O2S/c22-16-14-9-12(10-20(16)11-13-3-1-2-5-18-13)4-7-21(14)17(23)15-19-6-8-24-15/h1-3,5-6,8,12,14H,4,7,9-11H2/t12-,14+/m0/s1. The van der Waals surface area contributed by atoms with Crippen LogP contribution in [0.15, 0.2) is 36.0 Å². The second kappa shape index (κ2) is 6.32. The molecule has 2 aromatic heterocycles. The Balaban J connectivity index is 1.54. The van der Waals surface area contributed by atoms with E-state index in [2.05, 4.69) is 9.97 Å². The molecule has 6 nitrogen and oxygen atoms in total. The summed E-state index contributed by atoms with van der Waals surface area (Å²) in [5.41, 5.74) is 0.878. The van der Waals surface area contributed by atoms with Gasteiger partial charge in [0.25, 0.3) is 5.91 Å². The highest BCUT2D eigenvalue weighted by molar-refractivity contribution is 7.11. The molecule has 2 saturated heterocycles. The molecule has 0 N–H and O–H groups in total. The fourth-order valence-corrected chi connectivity index (χ4v) is 4.17. The van der Waals surface area contributed by atoms with Gasteiger partial charge in [-0.25, -0.2) is 4.98 Å². The molecule has 0 radical (unpaired) electrons. The van der Waals surface area contributed by atoms with Gasteiger partial charge in [-0.1, -0.05) is 6.07 Å². The van der Waals surface area contributed by atoms with Gasteiger partial charge in [0.1, 0.15) is 6.04 Å². The maximum absolute atomic E-state index is 12.9. The van der Waals surface area contributed by atoms with Gasteiger partial charge in [-0.2, -0.15) is 0 Å². The lowest BCUT2D eigenvalue weighted by atomic mass is 9.85. The summed E-state index contributed by atoms with van der Waals surface area (Å²) in [5.74, 6) is 0.361. The van der Waals surface area contributed by atoms with Crippen LogP contribution in [0.4, 0.5) is 0 Å². The number of likely N-dealkylation sites (tertiary alicyclic amines) is 2. The van der Waals surface area contributed by atoms with Crippen LogP contribution in [0.5, 0.6) is 0 Å². The summed E-state index contributed by atoms with van der Waals surface area (Å²) in [7, 11) is 0. The lowest BCUT2D eigenvalue weighted by molar-refractivity contribution is -0.144. The number of hydrogen-bond donors (Lipinski definition) is 0. The summed E-state index contributed by atoms with van der Waals surface area (Å²) in [6.45, 7) is 1.90. The lowest BCUT2D eigenvalue weighted by Gasteiger charge is -2.46. The van der Waals surface area contributed by atoms with Crippen molar-refractivity contribution < 1.29 is 9.59 Å². The molecule has 2 fully saturated rings. The molecule has 0 unspecified atom stereocenters. The van der Waals surface area contributed by atoms with Gasteiger partial charge >= 0.3 is 0 Å². The van der Waals surface area contributed by atoms with Gasteiger partial charge in [0.15, 0.2) is 5.01 Å². The fourth-order valence-electron chi connectivity index (χ4n) is 3.58. The van der Waals surface area contributed by atoms with E-state index >= 15 is 0 Å². The van der Waals surface area contributed by atoms with Crippen LogP contribution in [0, 0.1) is 5.92 Å². The number of thiazole rings is 1. The first-order valence-electron chi connectivity index (χ1n) is 8.11. The van der Waals surface area contributed by atoms with E-state index in [0.717, 1.165) is 25.1 Å². The smallest absolute Gasteiger partial charge is 0.283 e. The molecule has 2 amide bonds. The second-order valence-corrected chi connectivity index (χ2v) is 7.18. The van der Waals surface area contributed by atoms with Crippen LogP contribution in [-0.2, 0) is 11.3 Å². The van der Waals surface area contributed by atoms with Crippen molar-refractivity contribution in [1.82, 2.24) is 19.8 Å². The quantitative estimate of drug-likeness (QED) is 0.853. The van der Waals surface area contributed by atoms with Crippen molar-refractivity contribution >= 4 is 23.2 Å². The zero-order chi connectivity index (χ0) is 16.5. The van der Waals surface area contributed by atoms with Crippen LogP contribution in [0.25, 0.3) is 0 Å². The van der Waals surface area contributed by atoms with E-state index in [-0.39, 0.29) is 17.9 Å². The Hall–Kier alpha value is -2.28. The molecular formula is C17H18N4O2S. The van der Waals surface area contributed by atoms with E-state index in [1.54, 1.807) is 22.7 Å². The van der Waals surface area contributed by atoms with E-state index in [4.69, 9.17) is 0 Å². The van der Waals surface area contributed by atoms with Gasteiger partial charge < -0.3 is 9.80 Å². The highest BCUT2D eigenvalue weighted by atomic mass is 32.1. The van der Waals surface area contributed by atoms with Crippen molar-refractivity contribution in [2.45, 2.75) is 25.4 Å². The molecule has 0 aromatic carbocycles. The largest absolute Gasteiger partial charge is 0.335 e. The first-order valence-corrected chi connectivity index (χ1v) is 8.99. The summed E-state index contributed by atoms with van der Waals surface area (Å²) in [6, 6.07) is 5.36. The molecule has 2 bridgehead atoms. The Labute approximate surface area is 144 Å². The molecule has 124 valence electrons. The highest BCUT2D eigenvalue weighted by Gasteiger charge is 2.43. The summed E-state index contributed by atoms with van der Waals surface area (Å²) in [6.07, 6.45) is 5.05. The first-order chi connectivity index (χ1) is 11.7. The average molecular weight is 342 g/mol. The van der Waals surface area contributed by atoms with Crippen molar-refractivity contribution in [2.24, 2.45) is 5.92 Å². The molecular weight excluding hydrogens is 324 g/mol. The van der Waals surface area contributed by atoms with Crippen LogP contribution in [0.3, 0.4) is 0 Å². The molecule has 4 rings (SSSR count). The van der Waals surface area contributed by atoms with Crippen LogP contribution in [0.1, 0.15) is 28.3 Å². The summed E-state index contributed by atoms with van der Waals surface area (Å²) >= 11 is 1.32. The van der Waals surface area contributed by atoms with Gasteiger partial charge in [0, 0.05) is 30.9 Å². The molecule has 2 aliphatic heterocycles. The maximum atomic E-state index is 12.9. The Morgan fingerprint density at radius 1 is 1.29 bits per heavy atom. The van der Waals surface area contributed by atoms with Crippen molar-refractivity contribution in [3.8, 4) is 0 Å². The number of pyridine rings is 1. The number of carbonyl (C=O) groups is 2. The van der Waals surface area contributed by atoms with Gasteiger partial charge in [0.05, 0.1) is 12.2 Å². The molecule has 0 spiro atoms. The Bertz CT molecular complexity index is 734. The number of rotatable bonds is 3. The summed E-state index contributed by atoms with van der Waals surface area (Å²) in [5, 5.41) is 2.25. The topological polar surface area (TPSA) is 66.4 Å². The van der Waals surface area contributed by atoms with Crippen molar-refractivity contribution in [3.63, 3.8) is 0 Å². The number of aromatic nitrogens is 2. The Morgan fingerprint density at radius 3 is 2.96 bits per heavy atom. The SMILES string of the molecule is O=C1[C@H]2C[C@H](CCN2C(=O)c2nccs2)CN1Cc1ccccn1. The van der Waals surface area contributed by atoms with E-state index in [0.29, 0.717) is 24.0 Å². The molecule has 7 heteroatoms. The molecule has 2 aliphatic rings. The summed E-state index contributed by atoms with van der Waals surface area (Å²) < 4.78 is 0. The van der Waals surface area contributed by atoms with Crippen LogP contribution in [-0.4, -0.2) is 50.7 Å². The molecule has 4 heterocycles. The normalized spacial score (nSPS) is 23.4. The third kappa shape index (κ3) is 2.80. The number of hydrogen-bond acceptors (Lipinski definition) is 5. The van der Waals surface area contributed by atoms with Crippen molar-refractivity contribution in [3.05, 3.63) is 46.7 Å². The maximum Gasteiger partial charge on any atom is 0.283 e. The van der Waals surface area contributed by atoms with Gasteiger partial charge in [-0.15, -0.1) is 11.3 Å². The number of carbonyl (C=O) groups excluding carboxylic acids is 2. The van der Waals surface area contributed by atoms with E-state index in [9.17, 15) is 9.59 Å². The highest BCUT2D eigenvalue weighted by Crippen LogP contribution is 2.31. The number of nitrogens with zero attached hydrogens (tertiary/aromatic N) is 4. The van der Waals surface area contributed by atoms with E-state index in [1.165, 1.54) is 11.3 Å². The van der Waals surface area contributed by atoms with Crippen LogP contribution < -0.4 is 0 Å². The lowest BCUT2D eigenvalue weighted by Crippen LogP contribution is -2.59. The second-order valence-electron chi connectivity index (χ2n) is 6.28. The predicted molar refractivity (Wildman–Crippen MR) is 89.3 cm³/mol. The van der Waals surface area contributed by atoms with Gasteiger partial charge in [-0.3, -0.25) is 14.6 Å². The van der Waals surface area contributed by atoms with Crippen molar-refractivity contribution in [2.75, 3.05) is 13.1 Å². The van der Waals surface area contributed by atoms with Crippen molar-refractivity contribution in [1.29, 1.82) is 0 Å². The third-order valence-electron chi connectivity index (χ3n) is 4.74. The Morgan fingerprint density at radius 2 is 2.21 bits per heavy atom. The van der Waals surface area contributed by atoms with Gasteiger partial charge in [0.2, 0.25) is 5.91 Å². The number of piperidine rings is 2. The summed E-state index contributed by atoms with van der Waals surface area (Å²) in [4.78, 5) is 37.5. The number of amides is 2. The minimum absolute atomic E-state index is 0.0292. The molecule has 0 saturated carbocycles. The third-order valence-corrected chi connectivity index (χ3v) is 5.50. The van der Waals surface area contributed by atoms with E-state index in [1.807, 2.05) is 23.1 Å². The minimum Gasteiger partial charge on any atom is -0.335 e. The minimum atomic E-state index is -0.363. The van der Waals surface area contributed by atoms with Gasteiger partial charge in [-0.05, 0) is 30.9 Å². The zero-order valence-electron chi connectivity index (χ0n) is 13.2. The molecule has 0 aliphatic carbocycles. The Kier molecular flexibility index (Phi) is 4.02. The molecule has 2 atom stereocenters. The van der Waals surface area contributed by atoms with Crippen LogP contribution in [0.2, 0.25) is 0 Å². The predicted octanol–water partition coefficient (Wildman–Crippen LogP) is 1.80. The average Bonchev–Trinajstić information content (AvgIpc) is 3.14. The first kappa shape index (κ1) is 15.3. The zero-order valence-corrected chi connectivity index (χ0v) is 14.0. The molecule has 24 heavy (non-hydrogen) atoms.